The van der Waals surface area contributed by atoms with Gasteiger partial charge in [0.25, 0.3) is 0 Å². The number of aromatic nitrogens is 2. The van der Waals surface area contributed by atoms with Crippen molar-refractivity contribution in [2.45, 2.75) is 0 Å². The number of nitrogen functional groups attached to an aromatic ring is 2. The highest BCUT2D eigenvalue weighted by Gasteiger charge is 2.17. The molecular weight excluding hydrogens is 267 g/mol. The van der Waals surface area contributed by atoms with E-state index in [-0.39, 0.29) is 34.3 Å². The Morgan fingerprint density at radius 3 is 2.65 bits per heavy atom. The number of carbonyl (C=O) groups is 1. The summed E-state index contributed by atoms with van der Waals surface area (Å²) in [6.07, 6.45) is 0. The third-order valence-electron chi connectivity index (χ3n) is 2.60. The highest BCUT2D eigenvalue weighted by Crippen LogP contribution is 2.29. The molecule has 0 saturated carbocycles. The summed E-state index contributed by atoms with van der Waals surface area (Å²) >= 11 is 0. The van der Waals surface area contributed by atoms with Gasteiger partial charge >= 0.3 is 5.97 Å². The van der Waals surface area contributed by atoms with Crippen molar-refractivity contribution in [3.63, 3.8) is 0 Å². The van der Waals surface area contributed by atoms with Crippen molar-refractivity contribution >= 4 is 17.7 Å². The van der Waals surface area contributed by atoms with Crippen LogP contribution < -0.4 is 16.2 Å². The van der Waals surface area contributed by atoms with Crippen LogP contribution in [-0.2, 0) is 0 Å². The van der Waals surface area contributed by atoms with Crippen LogP contribution in [0.4, 0.5) is 16.2 Å². The molecule has 0 aliphatic heterocycles. The number of carboxylic acid groups (broad SMARTS) is 1. The lowest BCUT2D eigenvalue weighted by Gasteiger charge is -2.09. The molecule has 1 aromatic heterocycles. The highest BCUT2D eigenvalue weighted by molar-refractivity contribution is 5.92. The monoisotopic (exact) mass is 278 g/mol. The summed E-state index contributed by atoms with van der Waals surface area (Å²) in [6.45, 7) is 0. The molecule has 0 spiro atoms. The Kier molecular flexibility index (Phi) is 3.38. The van der Waals surface area contributed by atoms with Crippen LogP contribution in [0.1, 0.15) is 10.4 Å². The van der Waals surface area contributed by atoms with Crippen LogP contribution in [0.25, 0.3) is 11.3 Å². The highest BCUT2D eigenvalue weighted by atomic mass is 19.1. The number of hydrogen-bond donors (Lipinski definition) is 3. The van der Waals surface area contributed by atoms with Gasteiger partial charge in [-0.3, -0.25) is 0 Å². The van der Waals surface area contributed by atoms with Crippen LogP contribution in [0.5, 0.6) is 5.75 Å². The third-order valence-corrected chi connectivity index (χ3v) is 2.60. The van der Waals surface area contributed by atoms with Gasteiger partial charge in [0, 0.05) is 5.56 Å². The number of ether oxygens (including phenoxy) is 1. The van der Waals surface area contributed by atoms with Gasteiger partial charge in [0.15, 0.2) is 11.6 Å². The molecule has 0 aliphatic rings. The molecule has 0 unspecified atom stereocenters. The van der Waals surface area contributed by atoms with Gasteiger partial charge in [0.05, 0.1) is 7.11 Å². The van der Waals surface area contributed by atoms with E-state index in [0.29, 0.717) is 0 Å². The Morgan fingerprint density at radius 2 is 2.05 bits per heavy atom. The molecular formula is C12H11FN4O3. The van der Waals surface area contributed by atoms with E-state index in [0.717, 1.165) is 0 Å². The molecule has 0 atom stereocenters. The van der Waals surface area contributed by atoms with E-state index in [2.05, 4.69) is 9.97 Å². The number of methoxy groups -OCH3 is 1. The topological polar surface area (TPSA) is 124 Å². The minimum atomic E-state index is -1.16. The molecule has 2 aromatic rings. The maximum Gasteiger partial charge on any atom is 0.339 e. The van der Waals surface area contributed by atoms with Crippen LogP contribution in [0.3, 0.4) is 0 Å². The molecule has 0 aliphatic carbocycles. The van der Waals surface area contributed by atoms with Crippen molar-refractivity contribution in [2.75, 3.05) is 18.6 Å². The Balaban J connectivity index is 2.62. The number of nitrogens with zero attached hydrogens (tertiary/aromatic N) is 2. The van der Waals surface area contributed by atoms with Gasteiger partial charge < -0.3 is 21.3 Å². The number of carboxylic acids is 1. The summed E-state index contributed by atoms with van der Waals surface area (Å²) in [4.78, 5) is 18.2. The minimum absolute atomic E-state index is 0.0494. The molecule has 1 heterocycles. The van der Waals surface area contributed by atoms with Gasteiger partial charge in [0.2, 0.25) is 5.95 Å². The van der Waals surface area contributed by atoms with Crippen molar-refractivity contribution in [3.05, 3.63) is 29.6 Å². The maximum atomic E-state index is 13.9. The molecule has 1 aromatic carbocycles. The first-order chi connectivity index (χ1) is 9.43. The lowest BCUT2D eigenvalue weighted by atomic mass is 10.1. The first-order valence-electron chi connectivity index (χ1n) is 5.44. The van der Waals surface area contributed by atoms with Gasteiger partial charge in [-0.05, 0) is 12.1 Å². The Hall–Kier alpha value is -2.90. The van der Waals surface area contributed by atoms with E-state index >= 15 is 0 Å². The first-order valence-corrected chi connectivity index (χ1v) is 5.44. The number of anilines is 2. The largest absolute Gasteiger partial charge is 0.496 e. The van der Waals surface area contributed by atoms with Gasteiger partial charge in [-0.1, -0.05) is 6.07 Å². The van der Waals surface area contributed by atoms with Gasteiger partial charge in [0.1, 0.15) is 17.0 Å². The first kappa shape index (κ1) is 13.5. The molecule has 0 radical (unpaired) electrons. The fraction of sp³-hybridized carbons (Fsp3) is 0.0833. The van der Waals surface area contributed by atoms with Crippen molar-refractivity contribution in [2.24, 2.45) is 0 Å². The SMILES string of the molecule is COc1cc(-c2nc(N)nc(N)c2F)ccc1C(=O)O. The zero-order chi connectivity index (χ0) is 14.9. The molecule has 0 amide bonds. The molecule has 0 fully saturated rings. The van der Waals surface area contributed by atoms with Gasteiger partial charge in [-0.25, -0.2) is 14.2 Å². The van der Waals surface area contributed by atoms with Crippen LogP contribution in [-0.4, -0.2) is 28.2 Å². The predicted octanol–water partition coefficient (Wildman–Crippen LogP) is 1.15. The lowest BCUT2D eigenvalue weighted by molar-refractivity contribution is 0.0693. The molecule has 2 rings (SSSR count). The number of aromatic carboxylic acids is 1. The standard InChI is InChI=1S/C12H11FN4O3/c1-20-7-4-5(2-3-6(7)11(18)19)9-8(13)10(14)17-12(15)16-9/h2-4H,1H3,(H,18,19)(H4,14,15,16,17). The number of benzene rings is 1. The van der Waals surface area contributed by atoms with Gasteiger partial charge in [-0.15, -0.1) is 0 Å². The van der Waals surface area contributed by atoms with Crippen LogP contribution in [0, 0.1) is 5.82 Å². The zero-order valence-corrected chi connectivity index (χ0v) is 10.4. The second kappa shape index (κ2) is 5.00. The summed E-state index contributed by atoms with van der Waals surface area (Å²) in [5, 5.41) is 8.98. The van der Waals surface area contributed by atoms with Crippen molar-refractivity contribution in [1.82, 2.24) is 9.97 Å². The van der Waals surface area contributed by atoms with E-state index < -0.39 is 11.8 Å². The number of hydrogen-bond acceptors (Lipinski definition) is 6. The summed E-state index contributed by atoms with van der Waals surface area (Å²) < 4.78 is 18.9. The van der Waals surface area contributed by atoms with Crippen molar-refractivity contribution in [3.8, 4) is 17.0 Å². The predicted molar refractivity (Wildman–Crippen MR) is 69.8 cm³/mol. The summed E-state index contributed by atoms with van der Waals surface area (Å²) in [7, 11) is 1.31. The maximum absolute atomic E-state index is 13.9. The van der Waals surface area contributed by atoms with E-state index in [1.54, 1.807) is 0 Å². The van der Waals surface area contributed by atoms with Gasteiger partial charge in [-0.2, -0.15) is 4.98 Å². The second-order valence-corrected chi connectivity index (χ2v) is 3.85. The zero-order valence-electron chi connectivity index (χ0n) is 10.4. The number of halogens is 1. The molecule has 8 heteroatoms. The summed E-state index contributed by atoms with van der Waals surface area (Å²) in [5.41, 5.74) is 10.9. The molecule has 0 saturated heterocycles. The molecule has 20 heavy (non-hydrogen) atoms. The average molecular weight is 278 g/mol. The summed E-state index contributed by atoms with van der Waals surface area (Å²) in [5.74, 6) is -2.47. The Morgan fingerprint density at radius 1 is 1.35 bits per heavy atom. The van der Waals surface area contributed by atoms with Crippen LogP contribution in [0.2, 0.25) is 0 Å². The molecule has 7 nitrogen and oxygen atoms in total. The normalized spacial score (nSPS) is 10.3. The minimum Gasteiger partial charge on any atom is -0.496 e. The smallest absolute Gasteiger partial charge is 0.339 e. The van der Waals surface area contributed by atoms with E-state index in [4.69, 9.17) is 21.3 Å². The number of nitrogens with two attached hydrogens (primary N) is 2. The lowest BCUT2D eigenvalue weighted by Crippen LogP contribution is -2.06. The number of rotatable bonds is 3. The van der Waals surface area contributed by atoms with E-state index in [1.165, 1.54) is 25.3 Å². The second-order valence-electron chi connectivity index (χ2n) is 3.85. The molecule has 104 valence electrons. The van der Waals surface area contributed by atoms with Crippen molar-refractivity contribution < 1.29 is 19.0 Å². The summed E-state index contributed by atoms with van der Waals surface area (Å²) in [6, 6.07) is 4.01. The Labute approximate surface area is 113 Å². The third kappa shape index (κ3) is 2.30. The quantitative estimate of drug-likeness (QED) is 0.769. The van der Waals surface area contributed by atoms with E-state index in [9.17, 15) is 9.18 Å². The fourth-order valence-corrected chi connectivity index (χ4v) is 1.69. The average Bonchev–Trinajstić information content (AvgIpc) is 2.41. The van der Waals surface area contributed by atoms with Crippen LogP contribution >= 0.6 is 0 Å². The molecule has 5 N–H and O–H groups in total. The van der Waals surface area contributed by atoms with Crippen LogP contribution in [0.15, 0.2) is 18.2 Å². The fourth-order valence-electron chi connectivity index (χ4n) is 1.69. The Bertz CT molecular complexity index is 691. The van der Waals surface area contributed by atoms with Crippen molar-refractivity contribution in [1.29, 1.82) is 0 Å². The molecule has 0 bridgehead atoms. The van der Waals surface area contributed by atoms with E-state index in [1.807, 2.05) is 0 Å².